The Morgan fingerprint density at radius 1 is 1.35 bits per heavy atom. The van der Waals surface area contributed by atoms with E-state index >= 15 is 0 Å². The molecule has 0 atom stereocenters. The highest BCUT2D eigenvalue weighted by atomic mass is 16.7. The number of pyridine rings is 2. The molecule has 1 aromatic carbocycles. The molecule has 0 aliphatic carbocycles. The number of ether oxygens (including phenoxy) is 3. The molecular formula is C21H19N3O7. The molecule has 0 saturated heterocycles. The maximum absolute atomic E-state index is 12.9. The first-order valence-corrected chi connectivity index (χ1v) is 9.57. The Morgan fingerprint density at radius 3 is 2.90 bits per heavy atom. The van der Waals surface area contributed by atoms with Crippen LogP contribution in [-0.2, 0) is 29.2 Å². The summed E-state index contributed by atoms with van der Waals surface area (Å²) >= 11 is 0. The molecule has 3 aromatic rings. The van der Waals surface area contributed by atoms with Crippen molar-refractivity contribution in [3.05, 3.63) is 73.2 Å². The average Bonchev–Trinajstić information content (AvgIpc) is 2.77. The zero-order valence-corrected chi connectivity index (χ0v) is 16.9. The molecule has 0 unspecified atom stereocenters. The van der Waals surface area contributed by atoms with Gasteiger partial charge in [-0.15, -0.1) is 0 Å². The summed E-state index contributed by atoms with van der Waals surface area (Å²) in [6.07, 6.45) is 1.42. The number of carbonyl (C=O) groups is 1. The summed E-state index contributed by atoms with van der Waals surface area (Å²) in [4.78, 5) is 40.7. The van der Waals surface area contributed by atoms with Gasteiger partial charge in [0.2, 0.25) is 5.43 Å². The van der Waals surface area contributed by atoms with Crippen LogP contribution in [0.3, 0.4) is 0 Å². The number of nitrogens with zero attached hydrogens (tertiary/aromatic N) is 3. The second-order valence-corrected chi connectivity index (χ2v) is 7.02. The lowest BCUT2D eigenvalue weighted by molar-refractivity contribution is -0.385. The summed E-state index contributed by atoms with van der Waals surface area (Å²) in [5.41, 5.74) is 1.28. The number of nitro groups is 1. The molecule has 3 heterocycles. The summed E-state index contributed by atoms with van der Waals surface area (Å²) in [5.74, 6) is -0.448. The van der Waals surface area contributed by atoms with E-state index in [-0.39, 0.29) is 31.3 Å². The summed E-state index contributed by atoms with van der Waals surface area (Å²) in [6.45, 7) is 4.04. The van der Waals surface area contributed by atoms with Gasteiger partial charge in [0.25, 0.3) is 5.69 Å². The van der Waals surface area contributed by atoms with Gasteiger partial charge in [-0.2, -0.15) is 0 Å². The molecule has 160 valence electrons. The van der Waals surface area contributed by atoms with E-state index in [1.54, 1.807) is 16.7 Å². The molecule has 10 nitrogen and oxygen atoms in total. The summed E-state index contributed by atoms with van der Waals surface area (Å²) in [7, 11) is 0. The van der Waals surface area contributed by atoms with Crippen molar-refractivity contribution in [3.63, 3.8) is 0 Å². The standard InChI is InChI=1S/C21H19N3O7/c1-3-23-8-17(18(25)16-5-4-12(2)22-20(16)23)21(26)30-10-14-7-15(24(27)28)6-13-9-29-11-31-19(13)14/h4-8H,3,9-11H2,1-2H3. The van der Waals surface area contributed by atoms with Gasteiger partial charge < -0.3 is 18.8 Å². The number of rotatable bonds is 5. The van der Waals surface area contributed by atoms with E-state index in [9.17, 15) is 19.7 Å². The van der Waals surface area contributed by atoms with Crippen molar-refractivity contribution >= 4 is 22.7 Å². The molecule has 0 saturated carbocycles. The van der Waals surface area contributed by atoms with E-state index in [0.29, 0.717) is 34.5 Å². The first-order chi connectivity index (χ1) is 14.9. The second kappa shape index (κ2) is 8.15. The Morgan fingerprint density at radius 2 is 2.16 bits per heavy atom. The lowest BCUT2D eigenvalue weighted by atomic mass is 10.1. The minimum absolute atomic E-state index is 0.00986. The Bertz CT molecular complexity index is 1270. The van der Waals surface area contributed by atoms with Gasteiger partial charge in [0.15, 0.2) is 6.79 Å². The molecule has 2 aromatic heterocycles. The Balaban J connectivity index is 1.67. The van der Waals surface area contributed by atoms with Gasteiger partial charge in [-0.3, -0.25) is 14.9 Å². The highest BCUT2D eigenvalue weighted by Crippen LogP contribution is 2.33. The van der Waals surface area contributed by atoms with Crippen LogP contribution < -0.4 is 10.2 Å². The van der Waals surface area contributed by atoms with E-state index in [4.69, 9.17) is 14.2 Å². The van der Waals surface area contributed by atoms with Gasteiger partial charge in [0.1, 0.15) is 23.6 Å². The fourth-order valence-electron chi connectivity index (χ4n) is 3.46. The van der Waals surface area contributed by atoms with Gasteiger partial charge >= 0.3 is 5.97 Å². The summed E-state index contributed by atoms with van der Waals surface area (Å²) in [5, 5.41) is 11.5. The Labute approximate surface area is 176 Å². The van der Waals surface area contributed by atoms with E-state index in [1.807, 2.05) is 13.8 Å². The first-order valence-electron chi connectivity index (χ1n) is 9.57. The number of hydrogen-bond donors (Lipinski definition) is 0. The Hall–Kier alpha value is -3.79. The molecule has 31 heavy (non-hydrogen) atoms. The van der Waals surface area contributed by atoms with Crippen LogP contribution in [0.15, 0.2) is 35.3 Å². The predicted molar refractivity (Wildman–Crippen MR) is 109 cm³/mol. The maximum Gasteiger partial charge on any atom is 0.344 e. The number of non-ortho nitro benzene ring substituents is 1. The van der Waals surface area contributed by atoms with Crippen LogP contribution in [-0.4, -0.2) is 27.2 Å². The number of carbonyl (C=O) groups excluding carboxylic acids is 1. The number of hydrogen-bond acceptors (Lipinski definition) is 8. The highest BCUT2D eigenvalue weighted by Gasteiger charge is 2.23. The van der Waals surface area contributed by atoms with Crippen LogP contribution in [0.4, 0.5) is 5.69 Å². The molecule has 0 radical (unpaired) electrons. The topological polar surface area (TPSA) is 123 Å². The normalized spacial score (nSPS) is 12.8. The minimum atomic E-state index is -0.831. The predicted octanol–water partition coefficient (Wildman–Crippen LogP) is 2.86. The number of aromatic nitrogens is 2. The van der Waals surface area contributed by atoms with Crippen LogP contribution in [0.2, 0.25) is 0 Å². The van der Waals surface area contributed by atoms with Gasteiger partial charge in [0, 0.05) is 41.7 Å². The molecule has 1 aliphatic heterocycles. The first kappa shape index (κ1) is 20.5. The van der Waals surface area contributed by atoms with Crippen molar-refractivity contribution in [1.82, 2.24) is 9.55 Å². The zero-order valence-electron chi connectivity index (χ0n) is 16.9. The smallest absolute Gasteiger partial charge is 0.344 e. The third-order valence-electron chi connectivity index (χ3n) is 4.96. The van der Waals surface area contributed by atoms with Crippen LogP contribution in [0.5, 0.6) is 5.75 Å². The molecule has 0 spiro atoms. The van der Waals surface area contributed by atoms with Gasteiger partial charge in [-0.25, -0.2) is 9.78 Å². The number of aryl methyl sites for hydroxylation is 2. The van der Waals surface area contributed by atoms with Crippen molar-refractivity contribution in [2.75, 3.05) is 6.79 Å². The lowest BCUT2D eigenvalue weighted by Gasteiger charge is -2.20. The molecule has 0 N–H and O–H groups in total. The number of fused-ring (bicyclic) bond motifs is 2. The third kappa shape index (κ3) is 3.84. The largest absolute Gasteiger partial charge is 0.467 e. The number of nitro benzene ring substituents is 1. The van der Waals surface area contributed by atoms with Gasteiger partial charge in [-0.05, 0) is 26.0 Å². The second-order valence-electron chi connectivity index (χ2n) is 7.02. The molecule has 10 heteroatoms. The van der Waals surface area contributed by atoms with Crippen molar-refractivity contribution in [1.29, 1.82) is 0 Å². The Kier molecular flexibility index (Phi) is 5.38. The van der Waals surface area contributed by atoms with E-state index in [0.717, 1.165) is 5.69 Å². The zero-order chi connectivity index (χ0) is 22.1. The maximum atomic E-state index is 12.9. The van der Waals surface area contributed by atoms with Crippen molar-refractivity contribution < 1.29 is 23.9 Å². The molecule has 0 bridgehead atoms. The SMILES string of the molecule is CCn1cc(C(=O)OCc2cc([N+](=O)[O-])cc3c2OCOC3)c(=O)c2ccc(C)nc21. The average molecular weight is 425 g/mol. The summed E-state index contributed by atoms with van der Waals surface area (Å²) in [6, 6.07) is 5.98. The quantitative estimate of drug-likeness (QED) is 0.347. The van der Waals surface area contributed by atoms with E-state index in [1.165, 1.54) is 18.3 Å². The van der Waals surface area contributed by atoms with Crippen molar-refractivity contribution in [2.45, 2.75) is 33.6 Å². The van der Waals surface area contributed by atoms with Crippen LogP contribution in [0.25, 0.3) is 11.0 Å². The van der Waals surface area contributed by atoms with Crippen molar-refractivity contribution in [2.24, 2.45) is 0 Å². The fraction of sp³-hybridized carbons (Fsp3) is 0.286. The molecular weight excluding hydrogens is 406 g/mol. The third-order valence-corrected chi connectivity index (χ3v) is 4.96. The van der Waals surface area contributed by atoms with Crippen molar-refractivity contribution in [3.8, 4) is 5.75 Å². The lowest BCUT2D eigenvalue weighted by Crippen LogP contribution is -2.22. The molecule has 1 aliphatic rings. The van der Waals surface area contributed by atoms with Gasteiger partial charge in [-0.1, -0.05) is 0 Å². The van der Waals surface area contributed by atoms with Crippen LogP contribution in [0.1, 0.15) is 34.1 Å². The molecule has 0 fully saturated rings. The number of esters is 1. The van der Waals surface area contributed by atoms with Gasteiger partial charge in [0.05, 0.1) is 16.9 Å². The van der Waals surface area contributed by atoms with Crippen LogP contribution in [0, 0.1) is 17.0 Å². The highest BCUT2D eigenvalue weighted by molar-refractivity contribution is 5.93. The summed E-state index contributed by atoms with van der Waals surface area (Å²) < 4.78 is 17.7. The monoisotopic (exact) mass is 425 g/mol. The number of benzene rings is 1. The molecule has 0 amide bonds. The van der Waals surface area contributed by atoms with E-state index in [2.05, 4.69) is 4.98 Å². The van der Waals surface area contributed by atoms with Crippen LogP contribution >= 0.6 is 0 Å². The fourth-order valence-corrected chi connectivity index (χ4v) is 3.46. The van der Waals surface area contributed by atoms with E-state index < -0.39 is 16.3 Å². The minimum Gasteiger partial charge on any atom is -0.467 e. The molecule has 4 rings (SSSR count).